The Morgan fingerprint density at radius 1 is 1.30 bits per heavy atom. The zero-order valence-corrected chi connectivity index (χ0v) is 13.5. The Labute approximate surface area is 128 Å². The fraction of sp³-hybridized carbons (Fsp3) is 0.533. The van der Waals surface area contributed by atoms with Crippen molar-refractivity contribution in [2.45, 2.75) is 13.8 Å². The smallest absolute Gasteiger partial charge is 0.161 e. The quantitative estimate of drug-likeness (QED) is 0.846. The molecule has 3 nitrogen and oxygen atoms in total. The van der Waals surface area contributed by atoms with E-state index in [4.69, 9.17) is 5.26 Å². The van der Waals surface area contributed by atoms with Crippen LogP contribution in [-0.4, -0.2) is 37.6 Å². The minimum atomic E-state index is -0.332. The van der Waals surface area contributed by atoms with Gasteiger partial charge in [-0.25, -0.2) is 4.39 Å². The van der Waals surface area contributed by atoms with Crippen molar-refractivity contribution >= 4 is 21.6 Å². The van der Waals surface area contributed by atoms with Crippen LogP contribution in [0, 0.1) is 23.1 Å². The molecule has 0 radical (unpaired) electrons. The molecule has 1 fully saturated rings. The minimum Gasteiger partial charge on any atom is -0.367 e. The second-order valence-corrected chi connectivity index (χ2v) is 6.35. The van der Waals surface area contributed by atoms with Crippen LogP contribution in [0.1, 0.15) is 19.4 Å². The average molecular weight is 340 g/mol. The molecule has 0 unspecified atom stereocenters. The Hall–Kier alpha value is -1.12. The van der Waals surface area contributed by atoms with Crippen molar-refractivity contribution in [2.24, 2.45) is 5.92 Å². The Balaban J connectivity index is 2.08. The molecule has 0 spiro atoms. The molecule has 1 aliphatic heterocycles. The van der Waals surface area contributed by atoms with E-state index in [1.807, 2.05) is 6.07 Å². The molecule has 0 aromatic heterocycles. The summed E-state index contributed by atoms with van der Waals surface area (Å²) < 4.78 is 14.6. The number of nitrogens with zero attached hydrogens (tertiary/aromatic N) is 3. The fourth-order valence-electron chi connectivity index (χ4n) is 2.56. The molecule has 1 aliphatic rings. The molecule has 108 valence electrons. The molecule has 20 heavy (non-hydrogen) atoms. The van der Waals surface area contributed by atoms with Crippen molar-refractivity contribution in [2.75, 3.05) is 37.6 Å². The van der Waals surface area contributed by atoms with Gasteiger partial charge >= 0.3 is 0 Å². The van der Waals surface area contributed by atoms with Gasteiger partial charge in [0, 0.05) is 32.7 Å². The summed E-state index contributed by atoms with van der Waals surface area (Å²) in [5, 5.41) is 8.90. The minimum absolute atomic E-state index is 0.266. The van der Waals surface area contributed by atoms with Crippen molar-refractivity contribution < 1.29 is 4.39 Å². The van der Waals surface area contributed by atoms with Crippen LogP contribution in [0.3, 0.4) is 0 Å². The van der Waals surface area contributed by atoms with E-state index in [9.17, 15) is 4.39 Å². The Morgan fingerprint density at radius 2 is 1.95 bits per heavy atom. The maximum atomic E-state index is 14.3. The van der Waals surface area contributed by atoms with Crippen LogP contribution in [0.15, 0.2) is 16.6 Å². The van der Waals surface area contributed by atoms with E-state index in [2.05, 4.69) is 39.6 Å². The van der Waals surface area contributed by atoms with Gasteiger partial charge in [-0.2, -0.15) is 5.26 Å². The van der Waals surface area contributed by atoms with E-state index in [1.165, 1.54) is 0 Å². The van der Waals surface area contributed by atoms with Gasteiger partial charge in [-0.3, -0.25) is 4.90 Å². The molecule has 1 aromatic carbocycles. The average Bonchev–Trinajstić information content (AvgIpc) is 2.42. The van der Waals surface area contributed by atoms with E-state index in [0.717, 1.165) is 32.7 Å². The van der Waals surface area contributed by atoms with Gasteiger partial charge in [-0.15, -0.1) is 0 Å². The highest BCUT2D eigenvalue weighted by Crippen LogP contribution is 2.29. The second-order valence-electron chi connectivity index (χ2n) is 5.55. The summed E-state index contributed by atoms with van der Waals surface area (Å²) >= 11 is 3.17. The topological polar surface area (TPSA) is 30.3 Å². The standard InChI is InChI=1S/C15H19BrFN3/c1-11(2)10-19-5-7-20(8-6-19)13-4-3-12(9-18)14(16)15(13)17/h3-4,11H,5-8,10H2,1-2H3. The number of rotatable bonds is 3. The summed E-state index contributed by atoms with van der Waals surface area (Å²) in [7, 11) is 0. The fourth-order valence-corrected chi connectivity index (χ4v) is 2.98. The summed E-state index contributed by atoms with van der Waals surface area (Å²) in [4.78, 5) is 4.47. The Kier molecular flexibility index (Phi) is 5.00. The molecular formula is C15H19BrFN3. The first-order chi connectivity index (χ1) is 9.52. The van der Waals surface area contributed by atoms with E-state index >= 15 is 0 Å². The van der Waals surface area contributed by atoms with Gasteiger partial charge in [0.15, 0.2) is 5.82 Å². The van der Waals surface area contributed by atoms with Crippen LogP contribution in [0.25, 0.3) is 0 Å². The lowest BCUT2D eigenvalue weighted by atomic mass is 10.1. The van der Waals surface area contributed by atoms with Crippen LogP contribution in [0.2, 0.25) is 0 Å². The molecular weight excluding hydrogens is 321 g/mol. The van der Waals surface area contributed by atoms with Gasteiger partial charge in [0.1, 0.15) is 6.07 Å². The molecule has 1 aromatic rings. The van der Waals surface area contributed by atoms with Gasteiger partial charge in [0.2, 0.25) is 0 Å². The maximum absolute atomic E-state index is 14.3. The molecule has 0 bridgehead atoms. The zero-order valence-electron chi connectivity index (χ0n) is 11.9. The number of hydrogen-bond acceptors (Lipinski definition) is 3. The third-order valence-electron chi connectivity index (χ3n) is 3.52. The molecule has 5 heteroatoms. The summed E-state index contributed by atoms with van der Waals surface area (Å²) in [5.41, 5.74) is 0.921. The van der Waals surface area contributed by atoms with Crippen molar-refractivity contribution in [1.29, 1.82) is 5.26 Å². The molecule has 1 heterocycles. The van der Waals surface area contributed by atoms with E-state index in [0.29, 0.717) is 17.2 Å². The first kappa shape index (κ1) is 15.3. The second kappa shape index (κ2) is 6.55. The van der Waals surface area contributed by atoms with Gasteiger partial charge in [-0.1, -0.05) is 13.8 Å². The van der Waals surface area contributed by atoms with Gasteiger partial charge in [0.05, 0.1) is 15.7 Å². The lowest BCUT2D eigenvalue weighted by Crippen LogP contribution is -2.47. The lowest BCUT2D eigenvalue weighted by Gasteiger charge is -2.37. The number of anilines is 1. The maximum Gasteiger partial charge on any atom is 0.161 e. The highest BCUT2D eigenvalue weighted by molar-refractivity contribution is 9.10. The summed E-state index contributed by atoms with van der Waals surface area (Å²) in [6.45, 7) is 9.06. The molecule has 0 atom stereocenters. The molecule has 0 aliphatic carbocycles. The largest absolute Gasteiger partial charge is 0.367 e. The predicted octanol–water partition coefficient (Wildman–Crippen LogP) is 3.24. The monoisotopic (exact) mass is 339 g/mol. The Morgan fingerprint density at radius 3 is 2.50 bits per heavy atom. The first-order valence-corrected chi connectivity index (χ1v) is 7.67. The number of nitriles is 1. The van der Waals surface area contributed by atoms with Crippen LogP contribution in [0.4, 0.5) is 10.1 Å². The van der Waals surface area contributed by atoms with Gasteiger partial charge < -0.3 is 4.90 Å². The molecule has 1 saturated heterocycles. The summed E-state index contributed by atoms with van der Waals surface area (Å²) in [5.74, 6) is 0.323. The van der Waals surface area contributed by atoms with E-state index in [1.54, 1.807) is 12.1 Å². The molecule has 0 N–H and O–H groups in total. The lowest BCUT2D eigenvalue weighted by molar-refractivity contribution is 0.231. The van der Waals surface area contributed by atoms with Crippen LogP contribution >= 0.6 is 15.9 Å². The summed E-state index contributed by atoms with van der Waals surface area (Å²) in [6.07, 6.45) is 0. The van der Waals surface area contributed by atoms with E-state index < -0.39 is 0 Å². The van der Waals surface area contributed by atoms with Crippen LogP contribution in [-0.2, 0) is 0 Å². The number of hydrogen-bond donors (Lipinski definition) is 0. The SMILES string of the molecule is CC(C)CN1CCN(c2ccc(C#N)c(Br)c2F)CC1. The highest BCUT2D eigenvalue weighted by atomic mass is 79.9. The van der Waals surface area contributed by atoms with Crippen molar-refractivity contribution in [3.63, 3.8) is 0 Å². The predicted molar refractivity (Wildman–Crippen MR) is 82.3 cm³/mol. The molecule has 0 saturated carbocycles. The van der Waals surface area contributed by atoms with Gasteiger partial charge in [-0.05, 0) is 34.0 Å². The summed E-state index contributed by atoms with van der Waals surface area (Å²) in [6, 6.07) is 5.36. The Bertz CT molecular complexity index is 517. The number of benzene rings is 1. The molecule has 0 amide bonds. The van der Waals surface area contributed by atoms with Crippen molar-refractivity contribution in [1.82, 2.24) is 4.90 Å². The van der Waals surface area contributed by atoms with Crippen LogP contribution < -0.4 is 4.90 Å². The zero-order chi connectivity index (χ0) is 14.7. The highest BCUT2D eigenvalue weighted by Gasteiger charge is 2.21. The first-order valence-electron chi connectivity index (χ1n) is 6.88. The third kappa shape index (κ3) is 3.31. The van der Waals surface area contributed by atoms with Crippen molar-refractivity contribution in [3.05, 3.63) is 28.0 Å². The van der Waals surface area contributed by atoms with Gasteiger partial charge in [0.25, 0.3) is 0 Å². The van der Waals surface area contributed by atoms with Crippen molar-refractivity contribution in [3.8, 4) is 6.07 Å². The third-order valence-corrected chi connectivity index (χ3v) is 4.29. The normalized spacial score (nSPS) is 16.5. The number of piperazine rings is 1. The van der Waals surface area contributed by atoms with Crippen LogP contribution in [0.5, 0.6) is 0 Å². The number of halogens is 2. The molecule has 2 rings (SSSR count). The van der Waals surface area contributed by atoms with E-state index in [-0.39, 0.29) is 10.3 Å².